The maximum absolute atomic E-state index is 13.4. The van der Waals surface area contributed by atoms with Crippen molar-refractivity contribution >= 4 is 16.3 Å². The first-order chi connectivity index (χ1) is 12.6. The van der Waals surface area contributed by atoms with Crippen LogP contribution in [0.1, 0.15) is 11.1 Å². The molecule has 9 heteroatoms. The van der Waals surface area contributed by atoms with E-state index in [-0.39, 0.29) is 0 Å². The molecule has 0 atom stereocenters. The zero-order chi connectivity index (χ0) is 19.6. The average Bonchev–Trinajstić information content (AvgIpc) is 3.01. The number of para-hydroxylation sites is 2. The molecule has 2 aromatic carbocycles. The maximum Gasteiger partial charge on any atom is 0.508 e. The fourth-order valence-corrected chi connectivity index (χ4v) is 3.22. The van der Waals surface area contributed by atoms with Crippen molar-refractivity contribution in [2.24, 2.45) is 0 Å². The molecule has 0 radical (unpaired) electrons. The van der Waals surface area contributed by atoms with Crippen molar-refractivity contribution in [3.63, 3.8) is 0 Å². The van der Waals surface area contributed by atoms with E-state index in [1.807, 2.05) is 0 Å². The van der Waals surface area contributed by atoms with E-state index in [2.05, 4.69) is 0 Å². The van der Waals surface area contributed by atoms with Crippen molar-refractivity contribution in [3.8, 4) is 5.69 Å². The quantitative estimate of drug-likeness (QED) is 0.357. The van der Waals surface area contributed by atoms with Gasteiger partial charge in [-0.25, -0.2) is 0 Å². The Hall–Kier alpha value is -3.10. The van der Waals surface area contributed by atoms with Gasteiger partial charge in [-0.05, 0) is 24.3 Å². The highest BCUT2D eigenvalue weighted by Crippen LogP contribution is 2.39. The molecular weight excluding hydrogens is 374 g/mol. The third kappa shape index (κ3) is 2.61. The second kappa shape index (κ2) is 5.45. The molecule has 0 aliphatic rings. The number of nitrogens with zero attached hydrogens (tertiary/aromatic N) is 2. The molecule has 0 aliphatic heterocycles. The summed E-state index contributed by atoms with van der Waals surface area (Å²) >= 11 is 0. The summed E-state index contributed by atoms with van der Waals surface area (Å²) in [4.78, 5) is 12.7. The summed E-state index contributed by atoms with van der Waals surface area (Å²) < 4.78 is 82.1. The molecule has 0 unspecified atom stereocenters. The summed E-state index contributed by atoms with van der Waals surface area (Å²) in [6.45, 7) is 0. The molecule has 4 aromatic rings. The Morgan fingerprint density at radius 1 is 0.778 bits per heavy atom. The lowest BCUT2D eigenvalue weighted by Gasteiger charge is -2.16. The van der Waals surface area contributed by atoms with Crippen LogP contribution in [0, 0.1) is 0 Å². The minimum absolute atomic E-state index is 0.335. The van der Waals surface area contributed by atoms with Gasteiger partial charge >= 0.3 is 18.0 Å². The second-order valence-corrected chi connectivity index (χ2v) is 5.95. The van der Waals surface area contributed by atoms with Gasteiger partial charge in [0.15, 0.2) is 11.2 Å². The average molecular weight is 383 g/mol. The molecule has 4 rings (SSSR count). The maximum atomic E-state index is 13.4. The van der Waals surface area contributed by atoms with Gasteiger partial charge in [0, 0.05) is 5.39 Å². The van der Waals surface area contributed by atoms with Gasteiger partial charge in [-0.2, -0.15) is 40.1 Å². The Labute approximate surface area is 147 Å². The van der Waals surface area contributed by atoms with Crippen LogP contribution in [0.5, 0.6) is 0 Å². The molecular formula is C18H9F6N2O+. The molecule has 2 heterocycles. The van der Waals surface area contributed by atoms with Gasteiger partial charge in [-0.1, -0.05) is 18.2 Å². The standard InChI is InChI=1S/C18H9F6N2O/c19-17(20,21)12-5-2-6-13(18(22,23)24)15(12)26-9-11-4-1-3-10-7-8-25(14(10)11)16(26)27/h1-9H/q+1. The predicted octanol–water partition coefficient (Wildman–Crippen LogP) is 4.20. The van der Waals surface area contributed by atoms with E-state index in [4.69, 9.17) is 0 Å². The van der Waals surface area contributed by atoms with E-state index in [1.165, 1.54) is 12.3 Å². The number of alkyl halides is 6. The number of rotatable bonds is 1. The van der Waals surface area contributed by atoms with Crippen molar-refractivity contribution in [2.75, 3.05) is 0 Å². The smallest absolute Gasteiger partial charge is 0.196 e. The molecule has 27 heavy (non-hydrogen) atoms. The summed E-state index contributed by atoms with van der Waals surface area (Å²) in [6, 6.07) is 8.10. The van der Waals surface area contributed by atoms with Crippen molar-refractivity contribution in [3.05, 3.63) is 76.5 Å². The van der Waals surface area contributed by atoms with Gasteiger partial charge in [0.25, 0.3) is 0 Å². The SMILES string of the molecule is O=c1n2ccc3cccc(c[n+]1-c1c(C(F)(F)F)cccc1C(F)(F)F)c32. The van der Waals surface area contributed by atoms with E-state index in [9.17, 15) is 31.1 Å². The predicted molar refractivity (Wildman–Crippen MR) is 83.9 cm³/mol. The first-order valence-corrected chi connectivity index (χ1v) is 7.65. The van der Waals surface area contributed by atoms with Gasteiger partial charge in [-0.3, -0.25) is 0 Å². The van der Waals surface area contributed by atoms with E-state index >= 15 is 0 Å². The van der Waals surface area contributed by atoms with Crippen LogP contribution < -0.4 is 10.3 Å². The molecule has 0 bridgehead atoms. The van der Waals surface area contributed by atoms with Gasteiger partial charge in [0.05, 0.1) is 5.39 Å². The van der Waals surface area contributed by atoms with Crippen molar-refractivity contribution < 1.29 is 30.9 Å². The fraction of sp³-hybridized carbons (Fsp3) is 0.111. The molecule has 0 saturated heterocycles. The number of hydrogen-bond acceptors (Lipinski definition) is 1. The molecule has 138 valence electrons. The van der Waals surface area contributed by atoms with Crippen LogP contribution in [0.25, 0.3) is 22.0 Å². The molecule has 2 aromatic heterocycles. The third-order valence-corrected chi connectivity index (χ3v) is 4.31. The van der Waals surface area contributed by atoms with E-state index in [0.717, 1.165) is 10.6 Å². The number of aromatic nitrogens is 2. The Kier molecular flexibility index (Phi) is 3.49. The first kappa shape index (κ1) is 17.3. The van der Waals surface area contributed by atoms with Crippen LogP contribution >= 0.6 is 0 Å². The minimum atomic E-state index is -5.08. The highest BCUT2D eigenvalue weighted by atomic mass is 19.4. The number of halogens is 6. The molecule has 0 aliphatic carbocycles. The van der Waals surface area contributed by atoms with E-state index in [1.54, 1.807) is 18.2 Å². The lowest BCUT2D eigenvalue weighted by molar-refractivity contribution is -0.617. The largest absolute Gasteiger partial charge is 0.508 e. The Bertz CT molecular complexity index is 1190. The molecule has 0 amide bonds. The van der Waals surface area contributed by atoms with Crippen molar-refractivity contribution in [1.82, 2.24) is 4.40 Å². The highest BCUT2D eigenvalue weighted by molar-refractivity contribution is 5.95. The molecule has 0 N–H and O–H groups in total. The topological polar surface area (TPSA) is 25.4 Å². The first-order valence-electron chi connectivity index (χ1n) is 7.65. The van der Waals surface area contributed by atoms with Gasteiger partial charge < -0.3 is 0 Å². The zero-order valence-corrected chi connectivity index (χ0v) is 13.3. The molecule has 0 fully saturated rings. The molecule has 0 spiro atoms. The van der Waals surface area contributed by atoms with Gasteiger partial charge in [0.2, 0.25) is 0 Å². The minimum Gasteiger partial charge on any atom is -0.196 e. The monoisotopic (exact) mass is 383 g/mol. The van der Waals surface area contributed by atoms with E-state index in [0.29, 0.717) is 39.1 Å². The van der Waals surface area contributed by atoms with E-state index < -0.39 is 34.9 Å². The van der Waals surface area contributed by atoms with Crippen LogP contribution in [-0.4, -0.2) is 4.40 Å². The lowest BCUT2D eigenvalue weighted by Crippen LogP contribution is -2.52. The third-order valence-electron chi connectivity index (χ3n) is 4.31. The van der Waals surface area contributed by atoms with Crippen LogP contribution in [0.15, 0.2) is 59.7 Å². The van der Waals surface area contributed by atoms with Crippen LogP contribution in [0.4, 0.5) is 26.3 Å². The molecule has 3 nitrogen and oxygen atoms in total. The lowest BCUT2D eigenvalue weighted by atomic mass is 10.1. The normalized spacial score (nSPS) is 13.0. The van der Waals surface area contributed by atoms with Crippen molar-refractivity contribution in [2.45, 2.75) is 12.4 Å². The Morgan fingerprint density at radius 2 is 1.33 bits per heavy atom. The molecule has 0 saturated carbocycles. The Morgan fingerprint density at radius 3 is 1.93 bits per heavy atom. The number of benzene rings is 2. The fourth-order valence-electron chi connectivity index (χ4n) is 3.22. The summed E-state index contributed by atoms with van der Waals surface area (Å²) in [7, 11) is 0. The summed E-state index contributed by atoms with van der Waals surface area (Å²) in [6.07, 6.45) is -7.83. The van der Waals surface area contributed by atoms with Crippen LogP contribution in [0.3, 0.4) is 0 Å². The van der Waals surface area contributed by atoms with Crippen LogP contribution in [0.2, 0.25) is 0 Å². The van der Waals surface area contributed by atoms with Gasteiger partial charge in [0.1, 0.15) is 23.5 Å². The summed E-state index contributed by atoms with van der Waals surface area (Å²) in [5.74, 6) is 0. The summed E-state index contributed by atoms with van der Waals surface area (Å²) in [5.41, 5.74) is -4.91. The second-order valence-electron chi connectivity index (χ2n) is 5.95. The van der Waals surface area contributed by atoms with Gasteiger partial charge in [-0.15, -0.1) is 0 Å². The zero-order valence-electron chi connectivity index (χ0n) is 13.3. The summed E-state index contributed by atoms with van der Waals surface area (Å²) in [5, 5.41) is 0.985. The number of hydrogen-bond donors (Lipinski definition) is 0. The Balaban J connectivity index is 2.19. The van der Waals surface area contributed by atoms with Crippen molar-refractivity contribution in [1.29, 1.82) is 0 Å². The van der Waals surface area contributed by atoms with Crippen LogP contribution in [-0.2, 0) is 12.4 Å². The highest BCUT2D eigenvalue weighted by Gasteiger charge is 2.44.